The highest BCUT2D eigenvalue weighted by molar-refractivity contribution is 9.10. The van der Waals surface area contributed by atoms with Crippen molar-refractivity contribution in [3.63, 3.8) is 0 Å². The molecule has 1 nitrogen and oxygen atoms in total. The maximum Gasteiger partial charge on any atom is 0.0676 e. The molecule has 21 heavy (non-hydrogen) atoms. The average molecular weight is 366 g/mol. The lowest BCUT2D eigenvalue weighted by molar-refractivity contribution is 0.601. The molecule has 0 amide bonds. The fourth-order valence-corrected chi connectivity index (χ4v) is 4.55. The predicted molar refractivity (Wildman–Crippen MR) is 97.5 cm³/mol. The molecule has 1 aromatic heterocycles. The number of halogens is 1. The molecule has 0 bridgehead atoms. The van der Waals surface area contributed by atoms with Crippen LogP contribution in [0, 0.1) is 27.7 Å². The molecule has 0 fully saturated rings. The Morgan fingerprint density at radius 2 is 1.71 bits per heavy atom. The standard InChI is InChI=1S/C18H24BrNS/c1-6-7-20-18(16-10-15(19)14(5)21-16)17-12(3)8-11(2)9-13(17)4/h8-10,18,20H,6-7H2,1-5H3. The summed E-state index contributed by atoms with van der Waals surface area (Å²) in [6.45, 7) is 12.0. The van der Waals surface area contributed by atoms with Crippen molar-refractivity contribution < 1.29 is 0 Å². The SMILES string of the molecule is CCCNC(c1cc(Br)c(C)s1)c1c(C)cc(C)cc1C. The average Bonchev–Trinajstić information content (AvgIpc) is 2.72. The molecule has 1 unspecified atom stereocenters. The summed E-state index contributed by atoms with van der Waals surface area (Å²) in [7, 11) is 0. The topological polar surface area (TPSA) is 12.0 Å². The third-order valence-electron chi connectivity index (χ3n) is 3.79. The van der Waals surface area contributed by atoms with Crippen molar-refractivity contribution in [3.8, 4) is 0 Å². The molecule has 114 valence electrons. The molecule has 0 radical (unpaired) electrons. The lowest BCUT2D eigenvalue weighted by Gasteiger charge is -2.22. The van der Waals surface area contributed by atoms with Crippen molar-refractivity contribution in [1.82, 2.24) is 5.32 Å². The Kier molecular flexibility index (Phi) is 5.64. The van der Waals surface area contributed by atoms with Gasteiger partial charge in [0.15, 0.2) is 0 Å². The number of hydrogen-bond acceptors (Lipinski definition) is 2. The second-order valence-electron chi connectivity index (χ2n) is 5.75. The molecular formula is C18H24BrNS. The Morgan fingerprint density at radius 3 is 2.19 bits per heavy atom. The number of aryl methyl sites for hydroxylation is 4. The lowest BCUT2D eigenvalue weighted by atomic mass is 9.93. The summed E-state index contributed by atoms with van der Waals surface area (Å²) in [6.07, 6.45) is 1.14. The number of benzene rings is 1. The number of hydrogen-bond donors (Lipinski definition) is 1. The molecule has 1 aromatic carbocycles. The van der Waals surface area contributed by atoms with Gasteiger partial charge in [-0.3, -0.25) is 0 Å². The molecule has 0 saturated heterocycles. The van der Waals surface area contributed by atoms with E-state index in [4.69, 9.17) is 0 Å². The van der Waals surface area contributed by atoms with Crippen molar-refractivity contribution in [2.45, 2.75) is 47.1 Å². The Hall–Kier alpha value is -0.640. The van der Waals surface area contributed by atoms with Gasteiger partial charge in [-0.2, -0.15) is 0 Å². The summed E-state index contributed by atoms with van der Waals surface area (Å²) in [6, 6.07) is 7.14. The van der Waals surface area contributed by atoms with Gasteiger partial charge in [0.25, 0.3) is 0 Å². The highest BCUT2D eigenvalue weighted by Gasteiger charge is 2.20. The Morgan fingerprint density at radius 1 is 1.10 bits per heavy atom. The van der Waals surface area contributed by atoms with E-state index in [1.807, 2.05) is 11.3 Å². The summed E-state index contributed by atoms with van der Waals surface area (Å²) in [5.74, 6) is 0. The zero-order valence-electron chi connectivity index (χ0n) is 13.5. The minimum absolute atomic E-state index is 0.292. The van der Waals surface area contributed by atoms with E-state index in [1.165, 1.54) is 36.5 Å². The monoisotopic (exact) mass is 365 g/mol. The fourth-order valence-electron chi connectivity index (χ4n) is 2.90. The highest BCUT2D eigenvalue weighted by atomic mass is 79.9. The van der Waals surface area contributed by atoms with Crippen LogP contribution in [0.25, 0.3) is 0 Å². The molecule has 1 heterocycles. The largest absolute Gasteiger partial charge is 0.306 e. The fraction of sp³-hybridized carbons (Fsp3) is 0.444. The van der Waals surface area contributed by atoms with Gasteiger partial charge >= 0.3 is 0 Å². The quantitative estimate of drug-likeness (QED) is 0.702. The van der Waals surface area contributed by atoms with Gasteiger partial charge in [-0.05, 0) is 79.3 Å². The molecule has 0 saturated carbocycles. The molecule has 0 aliphatic heterocycles. The van der Waals surface area contributed by atoms with Crippen LogP contribution in [0.3, 0.4) is 0 Å². The van der Waals surface area contributed by atoms with E-state index in [2.05, 4.69) is 74.1 Å². The minimum atomic E-state index is 0.292. The van der Waals surface area contributed by atoms with Crippen LogP contribution >= 0.6 is 27.3 Å². The molecule has 0 aliphatic carbocycles. The lowest BCUT2D eigenvalue weighted by Crippen LogP contribution is -2.24. The van der Waals surface area contributed by atoms with E-state index in [-0.39, 0.29) is 0 Å². The normalized spacial score (nSPS) is 12.7. The zero-order chi connectivity index (χ0) is 15.6. The molecule has 2 aromatic rings. The van der Waals surface area contributed by atoms with Crippen molar-refractivity contribution >= 4 is 27.3 Å². The minimum Gasteiger partial charge on any atom is -0.306 e. The van der Waals surface area contributed by atoms with E-state index in [1.54, 1.807) is 0 Å². The van der Waals surface area contributed by atoms with Gasteiger partial charge in [0.1, 0.15) is 0 Å². The summed E-state index contributed by atoms with van der Waals surface area (Å²) in [4.78, 5) is 2.73. The van der Waals surface area contributed by atoms with E-state index >= 15 is 0 Å². The summed E-state index contributed by atoms with van der Waals surface area (Å²) in [5.41, 5.74) is 5.53. The molecule has 0 spiro atoms. The first-order valence-electron chi connectivity index (χ1n) is 7.51. The summed E-state index contributed by atoms with van der Waals surface area (Å²) < 4.78 is 1.22. The Labute approximate surface area is 140 Å². The zero-order valence-corrected chi connectivity index (χ0v) is 15.9. The second kappa shape index (κ2) is 7.08. The van der Waals surface area contributed by atoms with Crippen LogP contribution in [0.15, 0.2) is 22.7 Å². The second-order valence-corrected chi connectivity index (χ2v) is 7.89. The number of rotatable bonds is 5. The summed E-state index contributed by atoms with van der Waals surface area (Å²) in [5, 5.41) is 3.73. The predicted octanol–water partition coefficient (Wildman–Crippen LogP) is 5.83. The van der Waals surface area contributed by atoms with Gasteiger partial charge in [-0.1, -0.05) is 24.6 Å². The first-order valence-corrected chi connectivity index (χ1v) is 9.12. The van der Waals surface area contributed by atoms with Crippen LogP contribution in [0.5, 0.6) is 0 Å². The van der Waals surface area contributed by atoms with Crippen LogP contribution in [0.4, 0.5) is 0 Å². The van der Waals surface area contributed by atoms with E-state index in [0.29, 0.717) is 6.04 Å². The van der Waals surface area contributed by atoms with Crippen molar-refractivity contribution in [2.24, 2.45) is 0 Å². The maximum atomic E-state index is 3.73. The first-order chi connectivity index (χ1) is 9.93. The molecule has 3 heteroatoms. The van der Waals surface area contributed by atoms with E-state index < -0.39 is 0 Å². The highest BCUT2D eigenvalue weighted by Crippen LogP contribution is 2.36. The molecule has 0 aliphatic rings. The van der Waals surface area contributed by atoms with Gasteiger partial charge in [0.2, 0.25) is 0 Å². The number of nitrogens with one attached hydrogen (secondary N) is 1. The smallest absolute Gasteiger partial charge is 0.0676 e. The summed E-state index contributed by atoms with van der Waals surface area (Å²) >= 11 is 5.54. The van der Waals surface area contributed by atoms with Crippen molar-refractivity contribution in [1.29, 1.82) is 0 Å². The van der Waals surface area contributed by atoms with Crippen LogP contribution in [0.2, 0.25) is 0 Å². The van der Waals surface area contributed by atoms with Gasteiger partial charge < -0.3 is 5.32 Å². The van der Waals surface area contributed by atoms with Gasteiger partial charge in [-0.15, -0.1) is 11.3 Å². The molecule has 1 atom stereocenters. The molecule has 1 N–H and O–H groups in total. The van der Waals surface area contributed by atoms with Gasteiger partial charge in [0, 0.05) is 14.2 Å². The van der Waals surface area contributed by atoms with Crippen LogP contribution in [-0.2, 0) is 0 Å². The third-order valence-corrected chi connectivity index (χ3v) is 5.99. The maximum absolute atomic E-state index is 3.73. The van der Waals surface area contributed by atoms with E-state index in [0.717, 1.165) is 13.0 Å². The third kappa shape index (κ3) is 3.77. The van der Waals surface area contributed by atoms with Gasteiger partial charge in [-0.25, -0.2) is 0 Å². The Bertz CT molecular complexity index is 588. The molecule has 2 rings (SSSR count). The van der Waals surface area contributed by atoms with E-state index in [9.17, 15) is 0 Å². The molecular weight excluding hydrogens is 342 g/mol. The van der Waals surface area contributed by atoms with Gasteiger partial charge in [0.05, 0.1) is 6.04 Å². The van der Waals surface area contributed by atoms with Crippen LogP contribution < -0.4 is 5.32 Å². The van der Waals surface area contributed by atoms with Crippen LogP contribution in [0.1, 0.15) is 51.4 Å². The van der Waals surface area contributed by atoms with Crippen molar-refractivity contribution in [3.05, 3.63) is 54.7 Å². The number of thiophene rings is 1. The van der Waals surface area contributed by atoms with Crippen molar-refractivity contribution in [2.75, 3.05) is 6.54 Å². The Balaban J connectivity index is 2.50. The first kappa shape index (κ1) is 16.7. The van der Waals surface area contributed by atoms with Crippen LogP contribution in [-0.4, -0.2) is 6.54 Å².